The number of fused-ring (bicyclic) bond motifs is 11. The molecule has 0 fully saturated rings. The highest BCUT2D eigenvalue weighted by atomic mass is 16.3. The normalized spacial score (nSPS) is 12.1. The Morgan fingerprint density at radius 1 is 0.278 bits per heavy atom. The third kappa shape index (κ3) is 4.11. The van der Waals surface area contributed by atoms with E-state index in [1.165, 1.54) is 59.8 Å². The first-order valence-corrected chi connectivity index (χ1v) is 18.5. The number of rotatable bonds is 3. The molecular formula is C52H30O2. The number of para-hydroxylation sites is 2. The molecule has 2 nitrogen and oxygen atoms in total. The molecule has 10 aromatic carbocycles. The van der Waals surface area contributed by atoms with E-state index in [4.69, 9.17) is 8.83 Å². The molecule has 0 saturated heterocycles. The summed E-state index contributed by atoms with van der Waals surface area (Å²) in [6, 6.07) is 65.6. The lowest BCUT2D eigenvalue weighted by Crippen LogP contribution is -1.92. The van der Waals surface area contributed by atoms with E-state index in [1.54, 1.807) is 0 Å². The number of benzene rings is 10. The zero-order valence-electron chi connectivity index (χ0n) is 29.1. The van der Waals surface area contributed by atoms with Crippen LogP contribution in [0.2, 0.25) is 0 Å². The Kier molecular flexibility index (Phi) is 6.09. The molecule has 0 aliphatic heterocycles. The quantitative estimate of drug-likeness (QED) is 0.137. The Labute approximate surface area is 310 Å². The lowest BCUT2D eigenvalue weighted by Gasteiger charge is -2.20. The predicted molar refractivity (Wildman–Crippen MR) is 227 cm³/mol. The molecule has 0 radical (unpaired) electrons. The minimum Gasteiger partial charge on any atom is -0.456 e. The van der Waals surface area contributed by atoms with Crippen molar-refractivity contribution in [3.8, 4) is 33.4 Å². The molecule has 0 aliphatic carbocycles. The highest BCUT2D eigenvalue weighted by Gasteiger charge is 2.23. The van der Waals surface area contributed by atoms with Gasteiger partial charge in [-0.3, -0.25) is 0 Å². The molecule has 250 valence electrons. The van der Waals surface area contributed by atoms with Gasteiger partial charge in [0.15, 0.2) is 0 Å². The first kappa shape index (κ1) is 29.4. The monoisotopic (exact) mass is 686 g/mol. The number of hydrogen-bond acceptors (Lipinski definition) is 2. The van der Waals surface area contributed by atoms with Crippen molar-refractivity contribution in [1.82, 2.24) is 0 Å². The van der Waals surface area contributed by atoms with Gasteiger partial charge in [-0.15, -0.1) is 0 Å². The molecule has 2 heterocycles. The smallest absolute Gasteiger partial charge is 0.143 e. The highest BCUT2D eigenvalue weighted by Crippen LogP contribution is 2.50. The van der Waals surface area contributed by atoms with Crippen LogP contribution in [0.1, 0.15) is 0 Å². The van der Waals surface area contributed by atoms with Crippen LogP contribution in [0.3, 0.4) is 0 Å². The van der Waals surface area contributed by atoms with E-state index < -0.39 is 0 Å². The molecule has 0 bridgehead atoms. The fourth-order valence-corrected chi connectivity index (χ4v) is 9.12. The van der Waals surface area contributed by atoms with Gasteiger partial charge in [0, 0.05) is 27.1 Å². The van der Waals surface area contributed by atoms with Gasteiger partial charge in [0.2, 0.25) is 0 Å². The minimum atomic E-state index is 0.871. The van der Waals surface area contributed by atoms with Crippen molar-refractivity contribution in [3.05, 3.63) is 182 Å². The maximum absolute atomic E-state index is 6.84. The molecule has 0 aliphatic rings. The molecule has 2 heteroatoms. The van der Waals surface area contributed by atoms with Crippen molar-refractivity contribution in [2.45, 2.75) is 0 Å². The zero-order valence-corrected chi connectivity index (χ0v) is 29.1. The molecule has 12 aromatic rings. The van der Waals surface area contributed by atoms with Crippen molar-refractivity contribution >= 4 is 87.0 Å². The van der Waals surface area contributed by atoms with Gasteiger partial charge in [-0.05, 0) is 101 Å². The molecular weight excluding hydrogens is 657 g/mol. The van der Waals surface area contributed by atoms with E-state index in [0.717, 1.165) is 60.6 Å². The van der Waals surface area contributed by atoms with Crippen LogP contribution < -0.4 is 0 Å². The van der Waals surface area contributed by atoms with Crippen LogP contribution in [-0.2, 0) is 0 Å². The maximum Gasteiger partial charge on any atom is 0.143 e. The first-order valence-electron chi connectivity index (χ1n) is 18.5. The molecule has 12 rings (SSSR count). The van der Waals surface area contributed by atoms with Crippen LogP contribution in [0.25, 0.3) is 120 Å². The fourth-order valence-electron chi connectivity index (χ4n) is 9.12. The minimum absolute atomic E-state index is 0.871. The first-order chi connectivity index (χ1) is 26.8. The second-order valence-electron chi connectivity index (χ2n) is 14.3. The van der Waals surface area contributed by atoms with Gasteiger partial charge < -0.3 is 8.83 Å². The van der Waals surface area contributed by atoms with E-state index in [2.05, 4.69) is 170 Å². The summed E-state index contributed by atoms with van der Waals surface area (Å²) in [6.07, 6.45) is 0. The molecule has 54 heavy (non-hydrogen) atoms. The Morgan fingerprint density at radius 3 is 1.56 bits per heavy atom. The summed E-state index contributed by atoms with van der Waals surface area (Å²) in [5.74, 6) is 0. The van der Waals surface area contributed by atoms with Crippen molar-refractivity contribution in [2.24, 2.45) is 0 Å². The third-order valence-electron chi connectivity index (χ3n) is 11.5. The fraction of sp³-hybridized carbons (Fsp3) is 0. The predicted octanol–water partition coefficient (Wildman–Crippen LogP) is 15.1. The van der Waals surface area contributed by atoms with Crippen molar-refractivity contribution < 1.29 is 8.83 Å². The van der Waals surface area contributed by atoms with Gasteiger partial charge in [0.05, 0.1) is 0 Å². The Hall–Kier alpha value is -7.16. The van der Waals surface area contributed by atoms with Crippen LogP contribution in [0.4, 0.5) is 0 Å². The number of furan rings is 2. The number of hydrogen-bond donors (Lipinski definition) is 0. The molecule has 0 amide bonds. The van der Waals surface area contributed by atoms with Gasteiger partial charge in [-0.1, -0.05) is 152 Å². The standard InChI is InChI=1S/C52H30O2/c1-2-13-33-31(12-1)24-26-36-35(33)20-11-21-39(36)49-40-15-3-5-17-42(40)50(43-18-6-4-16-41(43)49)45-29-28-34(52-51(45)44-19-8-10-23-47(44)54-52)32-25-27-38-37-14-7-9-22-46(37)53-48(38)30-32/h1-30H. The lowest BCUT2D eigenvalue weighted by atomic mass is 9.83. The van der Waals surface area contributed by atoms with Crippen LogP contribution in [0.5, 0.6) is 0 Å². The molecule has 0 atom stereocenters. The maximum atomic E-state index is 6.84. The Morgan fingerprint density at radius 2 is 0.815 bits per heavy atom. The summed E-state index contributed by atoms with van der Waals surface area (Å²) < 4.78 is 13.2. The van der Waals surface area contributed by atoms with Crippen LogP contribution in [0, 0.1) is 0 Å². The van der Waals surface area contributed by atoms with Crippen molar-refractivity contribution in [3.63, 3.8) is 0 Å². The topological polar surface area (TPSA) is 26.3 Å². The molecule has 2 aromatic heterocycles. The summed E-state index contributed by atoms with van der Waals surface area (Å²) in [6.45, 7) is 0. The van der Waals surface area contributed by atoms with Gasteiger partial charge in [-0.2, -0.15) is 0 Å². The van der Waals surface area contributed by atoms with E-state index >= 15 is 0 Å². The van der Waals surface area contributed by atoms with Gasteiger partial charge in [0.25, 0.3) is 0 Å². The molecule has 0 saturated carbocycles. The second-order valence-corrected chi connectivity index (χ2v) is 14.3. The van der Waals surface area contributed by atoms with Crippen LogP contribution in [0.15, 0.2) is 191 Å². The molecule has 0 N–H and O–H groups in total. The Balaban J connectivity index is 1.17. The molecule has 0 unspecified atom stereocenters. The molecule has 0 spiro atoms. The third-order valence-corrected chi connectivity index (χ3v) is 11.5. The SMILES string of the molecule is c1ccc2c(c1)ccc1c(-c3c4ccccc4c(-c4ccc(-c5ccc6c(c5)oc5ccccc56)c5oc6ccccc6c45)c4ccccc34)cccc12. The zero-order chi connectivity index (χ0) is 35.3. The summed E-state index contributed by atoms with van der Waals surface area (Å²) in [5.41, 5.74) is 10.5. The van der Waals surface area contributed by atoms with E-state index in [0.29, 0.717) is 0 Å². The Bertz CT molecular complexity index is 3450. The average molecular weight is 687 g/mol. The highest BCUT2D eigenvalue weighted by molar-refractivity contribution is 6.28. The van der Waals surface area contributed by atoms with Crippen molar-refractivity contribution in [2.75, 3.05) is 0 Å². The van der Waals surface area contributed by atoms with E-state index in [1.807, 2.05) is 12.1 Å². The largest absolute Gasteiger partial charge is 0.456 e. The second kappa shape index (κ2) is 11.2. The van der Waals surface area contributed by atoms with Gasteiger partial charge in [0.1, 0.15) is 22.3 Å². The summed E-state index contributed by atoms with van der Waals surface area (Å²) in [5, 5.41) is 14.4. The summed E-state index contributed by atoms with van der Waals surface area (Å²) in [4.78, 5) is 0. The average Bonchev–Trinajstić information content (AvgIpc) is 3.81. The van der Waals surface area contributed by atoms with Crippen molar-refractivity contribution in [1.29, 1.82) is 0 Å². The van der Waals surface area contributed by atoms with E-state index in [9.17, 15) is 0 Å². The van der Waals surface area contributed by atoms with Crippen LogP contribution in [-0.4, -0.2) is 0 Å². The summed E-state index contributed by atoms with van der Waals surface area (Å²) >= 11 is 0. The van der Waals surface area contributed by atoms with E-state index in [-0.39, 0.29) is 0 Å². The van der Waals surface area contributed by atoms with Gasteiger partial charge in [-0.25, -0.2) is 0 Å². The van der Waals surface area contributed by atoms with Gasteiger partial charge >= 0.3 is 0 Å². The lowest BCUT2D eigenvalue weighted by molar-refractivity contribution is 0.668. The summed E-state index contributed by atoms with van der Waals surface area (Å²) in [7, 11) is 0. The van der Waals surface area contributed by atoms with Crippen LogP contribution >= 0.6 is 0 Å².